The Morgan fingerprint density at radius 3 is 2.87 bits per heavy atom. The SMILES string of the molecule is CCOCCNc1c(Nc2ccc(=O)[nH]c2)nc(N2CCN[C@H](C)C2)nc1C(=N)CC. The number of piperazine rings is 1. The van der Waals surface area contributed by atoms with Crippen molar-refractivity contribution < 1.29 is 4.74 Å². The summed E-state index contributed by atoms with van der Waals surface area (Å²) in [6, 6.07) is 3.48. The van der Waals surface area contributed by atoms with E-state index in [0.717, 1.165) is 19.6 Å². The first-order chi connectivity index (χ1) is 15.0. The molecule has 1 fully saturated rings. The number of hydrogen-bond donors (Lipinski definition) is 5. The van der Waals surface area contributed by atoms with E-state index in [1.54, 1.807) is 12.3 Å². The molecule has 10 heteroatoms. The molecule has 168 valence electrons. The van der Waals surface area contributed by atoms with Crippen molar-refractivity contribution in [3.05, 3.63) is 34.4 Å². The van der Waals surface area contributed by atoms with Crippen LogP contribution in [0.3, 0.4) is 0 Å². The van der Waals surface area contributed by atoms with E-state index >= 15 is 0 Å². The number of ether oxygens (including phenoxy) is 1. The van der Waals surface area contributed by atoms with Crippen LogP contribution in [0.15, 0.2) is 23.1 Å². The lowest BCUT2D eigenvalue weighted by Crippen LogP contribution is -2.50. The van der Waals surface area contributed by atoms with Crippen LogP contribution in [-0.2, 0) is 4.74 Å². The summed E-state index contributed by atoms with van der Waals surface area (Å²) >= 11 is 0. The van der Waals surface area contributed by atoms with Gasteiger partial charge in [0.15, 0.2) is 5.82 Å². The summed E-state index contributed by atoms with van der Waals surface area (Å²) < 4.78 is 5.45. The van der Waals surface area contributed by atoms with Crippen LogP contribution in [0, 0.1) is 5.41 Å². The quantitative estimate of drug-likeness (QED) is 0.287. The Morgan fingerprint density at radius 2 is 2.19 bits per heavy atom. The van der Waals surface area contributed by atoms with E-state index in [1.807, 2.05) is 13.8 Å². The predicted molar refractivity (Wildman–Crippen MR) is 124 cm³/mol. The molecule has 1 saturated heterocycles. The topological polar surface area (TPSA) is 131 Å². The Balaban J connectivity index is 2.02. The van der Waals surface area contributed by atoms with Crippen LogP contribution in [-0.4, -0.2) is 66.1 Å². The molecule has 5 N–H and O–H groups in total. The molecule has 0 unspecified atom stereocenters. The van der Waals surface area contributed by atoms with E-state index in [4.69, 9.17) is 20.1 Å². The second-order valence-electron chi connectivity index (χ2n) is 7.42. The Labute approximate surface area is 182 Å². The van der Waals surface area contributed by atoms with Crippen molar-refractivity contribution in [3.8, 4) is 0 Å². The number of H-pyrrole nitrogens is 1. The average molecular weight is 429 g/mol. The van der Waals surface area contributed by atoms with Crippen molar-refractivity contribution in [2.45, 2.75) is 33.2 Å². The average Bonchev–Trinajstić information content (AvgIpc) is 2.78. The fourth-order valence-corrected chi connectivity index (χ4v) is 3.37. The zero-order valence-electron chi connectivity index (χ0n) is 18.4. The van der Waals surface area contributed by atoms with Gasteiger partial charge in [-0.15, -0.1) is 0 Å². The van der Waals surface area contributed by atoms with Crippen molar-refractivity contribution in [2.24, 2.45) is 0 Å². The van der Waals surface area contributed by atoms with Crippen LogP contribution in [0.25, 0.3) is 0 Å². The number of rotatable bonds is 10. The molecule has 0 aromatic carbocycles. The third kappa shape index (κ3) is 6.02. The molecule has 1 aliphatic rings. The standard InChI is InChI=1S/C21H32N8O2/c1-4-16(22)18-19(24-9-11-31-5-2)20(26-15-6-7-17(30)25-12-15)28-21(27-18)29-10-8-23-14(3)13-29/h6-7,12,14,22-24H,4-5,8-11,13H2,1-3H3,(H,25,30)(H,26,27,28)/t14-/m1/s1. The van der Waals surface area contributed by atoms with Gasteiger partial charge in [0.25, 0.3) is 0 Å². The lowest BCUT2D eigenvalue weighted by molar-refractivity contribution is 0.158. The summed E-state index contributed by atoms with van der Waals surface area (Å²) in [5.74, 6) is 1.15. The molecule has 0 amide bonds. The summed E-state index contributed by atoms with van der Waals surface area (Å²) in [7, 11) is 0. The molecular weight excluding hydrogens is 396 g/mol. The van der Waals surface area contributed by atoms with Crippen LogP contribution in [0.4, 0.5) is 23.1 Å². The molecule has 0 saturated carbocycles. The number of aromatic nitrogens is 3. The van der Waals surface area contributed by atoms with Gasteiger partial charge in [-0.25, -0.2) is 4.98 Å². The van der Waals surface area contributed by atoms with Gasteiger partial charge in [0.2, 0.25) is 11.5 Å². The van der Waals surface area contributed by atoms with Crippen LogP contribution >= 0.6 is 0 Å². The van der Waals surface area contributed by atoms with E-state index in [9.17, 15) is 4.79 Å². The highest BCUT2D eigenvalue weighted by molar-refractivity contribution is 6.03. The molecule has 2 aromatic heterocycles. The first-order valence-corrected chi connectivity index (χ1v) is 10.8. The Morgan fingerprint density at radius 1 is 1.35 bits per heavy atom. The van der Waals surface area contributed by atoms with Gasteiger partial charge in [0.05, 0.1) is 18.0 Å². The van der Waals surface area contributed by atoms with E-state index in [0.29, 0.717) is 66.8 Å². The highest BCUT2D eigenvalue weighted by Crippen LogP contribution is 2.30. The number of aromatic amines is 1. The number of hydrogen-bond acceptors (Lipinski definition) is 9. The highest BCUT2D eigenvalue weighted by atomic mass is 16.5. The maximum Gasteiger partial charge on any atom is 0.248 e. The molecule has 0 spiro atoms. The first kappa shape index (κ1) is 22.7. The molecule has 0 radical (unpaired) electrons. The summed E-state index contributed by atoms with van der Waals surface area (Å²) in [4.78, 5) is 25.8. The van der Waals surface area contributed by atoms with Gasteiger partial charge in [0.1, 0.15) is 11.4 Å². The lowest BCUT2D eigenvalue weighted by Gasteiger charge is -2.32. The van der Waals surface area contributed by atoms with E-state index in [-0.39, 0.29) is 5.56 Å². The molecule has 3 rings (SSSR count). The minimum atomic E-state index is -0.174. The van der Waals surface area contributed by atoms with Gasteiger partial charge >= 0.3 is 0 Å². The Hall–Kier alpha value is -2.98. The molecule has 10 nitrogen and oxygen atoms in total. The number of anilines is 4. The maximum atomic E-state index is 11.4. The fourth-order valence-electron chi connectivity index (χ4n) is 3.37. The minimum absolute atomic E-state index is 0.174. The summed E-state index contributed by atoms with van der Waals surface area (Å²) in [6.45, 7) is 10.2. The summed E-state index contributed by atoms with van der Waals surface area (Å²) in [5.41, 5.74) is 2.18. The maximum absolute atomic E-state index is 11.4. The first-order valence-electron chi connectivity index (χ1n) is 10.8. The summed E-state index contributed by atoms with van der Waals surface area (Å²) in [5, 5.41) is 18.6. The fraction of sp³-hybridized carbons (Fsp3) is 0.524. The van der Waals surface area contributed by atoms with Gasteiger partial charge in [0, 0.05) is 51.1 Å². The van der Waals surface area contributed by atoms with Gasteiger partial charge in [-0.2, -0.15) is 4.98 Å². The smallest absolute Gasteiger partial charge is 0.248 e. The predicted octanol–water partition coefficient (Wildman–Crippen LogP) is 1.93. The van der Waals surface area contributed by atoms with Gasteiger partial charge < -0.3 is 36.0 Å². The second-order valence-corrected chi connectivity index (χ2v) is 7.42. The van der Waals surface area contributed by atoms with E-state index in [2.05, 4.69) is 32.8 Å². The summed E-state index contributed by atoms with van der Waals surface area (Å²) in [6.07, 6.45) is 2.15. The third-order valence-electron chi connectivity index (χ3n) is 4.99. The molecule has 0 bridgehead atoms. The number of nitrogens with zero attached hydrogens (tertiary/aromatic N) is 3. The molecule has 1 aliphatic heterocycles. The van der Waals surface area contributed by atoms with Crippen molar-refractivity contribution in [1.29, 1.82) is 5.41 Å². The van der Waals surface area contributed by atoms with Crippen molar-refractivity contribution >= 4 is 28.9 Å². The van der Waals surface area contributed by atoms with Gasteiger partial charge in [-0.1, -0.05) is 6.92 Å². The number of pyridine rings is 1. The molecule has 0 aliphatic carbocycles. The Kier molecular flexibility index (Phi) is 7.96. The van der Waals surface area contributed by atoms with Crippen molar-refractivity contribution in [2.75, 3.05) is 54.9 Å². The van der Waals surface area contributed by atoms with Crippen molar-refractivity contribution in [1.82, 2.24) is 20.3 Å². The minimum Gasteiger partial charge on any atom is -0.380 e. The molecule has 31 heavy (non-hydrogen) atoms. The van der Waals surface area contributed by atoms with Crippen LogP contribution in [0.1, 0.15) is 32.9 Å². The largest absolute Gasteiger partial charge is 0.380 e. The van der Waals surface area contributed by atoms with Crippen molar-refractivity contribution in [3.63, 3.8) is 0 Å². The number of nitrogens with one attached hydrogen (secondary N) is 5. The van der Waals surface area contributed by atoms with Crippen LogP contribution in [0.5, 0.6) is 0 Å². The zero-order chi connectivity index (χ0) is 22.2. The molecular formula is C21H32N8O2. The van der Waals surface area contributed by atoms with Gasteiger partial charge in [-0.3, -0.25) is 4.79 Å². The zero-order valence-corrected chi connectivity index (χ0v) is 18.4. The second kappa shape index (κ2) is 10.9. The third-order valence-corrected chi connectivity index (χ3v) is 4.99. The molecule has 2 aromatic rings. The normalized spacial score (nSPS) is 16.2. The molecule has 1 atom stereocenters. The van der Waals surface area contributed by atoms with E-state index < -0.39 is 0 Å². The molecule has 3 heterocycles. The van der Waals surface area contributed by atoms with E-state index in [1.165, 1.54) is 6.07 Å². The highest BCUT2D eigenvalue weighted by Gasteiger charge is 2.23. The van der Waals surface area contributed by atoms with Crippen LogP contribution in [0.2, 0.25) is 0 Å². The lowest BCUT2D eigenvalue weighted by atomic mass is 10.1. The van der Waals surface area contributed by atoms with Gasteiger partial charge in [-0.05, 0) is 26.3 Å². The van der Waals surface area contributed by atoms with Crippen LogP contribution < -0.4 is 26.4 Å². The Bertz CT molecular complexity index is 925. The monoisotopic (exact) mass is 428 g/mol.